The monoisotopic (exact) mass is 633 g/mol. The van der Waals surface area contributed by atoms with E-state index < -0.39 is 11.8 Å². The predicted octanol–water partition coefficient (Wildman–Crippen LogP) is 7.69. The molecule has 11 heteroatoms. The summed E-state index contributed by atoms with van der Waals surface area (Å²) in [5, 5.41) is 0.782. The molecule has 232 valence electrons. The van der Waals surface area contributed by atoms with E-state index in [0.717, 1.165) is 61.1 Å². The van der Waals surface area contributed by atoms with Crippen molar-refractivity contribution >= 4 is 45.1 Å². The maximum Gasteiger partial charge on any atom is 0.337 e. The molecule has 1 aliphatic heterocycles. The Morgan fingerprint density at radius 3 is 2.73 bits per heavy atom. The van der Waals surface area contributed by atoms with Gasteiger partial charge in [-0.15, -0.1) is 0 Å². The van der Waals surface area contributed by atoms with Gasteiger partial charge in [-0.25, -0.2) is 19.2 Å². The van der Waals surface area contributed by atoms with Gasteiger partial charge in [-0.2, -0.15) is 4.39 Å². The van der Waals surface area contributed by atoms with E-state index in [9.17, 15) is 13.6 Å². The van der Waals surface area contributed by atoms with Gasteiger partial charge in [0.1, 0.15) is 18.0 Å². The van der Waals surface area contributed by atoms with E-state index >= 15 is 0 Å². The van der Waals surface area contributed by atoms with E-state index in [0.29, 0.717) is 39.7 Å². The molecular weight excluding hydrogens is 604 g/mol. The number of hydrogen-bond acceptors (Lipinski definition) is 7. The van der Waals surface area contributed by atoms with Crippen LogP contribution in [0.4, 0.5) is 8.78 Å². The molecule has 2 aliphatic rings. The molecule has 0 saturated carbocycles. The predicted molar refractivity (Wildman–Crippen MR) is 164 cm³/mol. The van der Waals surface area contributed by atoms with Gasteiger partial charge in [0.25, 0.3) is 11.9 Å². The Morgan fingerprint density at radius 2 is 1.98 bits per heavy atom. The van der Waals surface area contributed by atoms with Crippen molar-refractivity contribution in [2.24, 2.45) is 5.92 Å². The third-order valence-electron chi connectivity index (χ3n) is 8.61. The topological polar surface area (TPSA) is 88.6 Å². The van der Waals surface area contributed by atoms with Crippen molar-refractivity contribution < 1.29 is 32.2 Å². The van der Waals surface area contributed by atoms with Crippen LogP contribution in [0.2, 0.25) is 5.02 Å². The maximum absolute atomic E-state index is 14.7. The van der Waals surface area contributed by atoms with Gasteiger partial charge in [0, 0.05) is 30.0 Å². The fourth-order valence-corrected chi connectivity index (χ4v) is 6.26. The van der Waals surface area contributed by atoms with Gasteiger partial charge < -0.3 is 23.2 Å². The first-order valence-corrected chi connectivity index (χ1v) is 15.3. The van der Waals surface area contributed by atoms with E-state index in [1.165, 1.54) is 19.2 Å². The Hall–Kier alpha value is -4.28. The number of ether oxygens (including phenoxy) is 3. The van der Waals surface area contributed by atoms with Crippen LogP contribution in [0.25, 0.3) is 27.6 Å². The second-order valence-corrected chi connectivity index (χ2v) is 11.9. The number of furan rings is 1. The zero-order valence-corrected chi connectivity index (χ0v) is 25.3. The van der Waals surface area contributed by atoms with Gasteiger partial charge in [0.05, 0.1) is 47.1 Å². The fourth-order valence-electron chi connectivity index (χ4n) is 6.05. The minimum absolute atomic E-state index is 0.0663. The largest absolute Gasteiger partial charge is 0.471 e. The van der Waals surface area contributed by atoms with Crippen molar-refractivity contribution in [2.75, 3.05) is 13.7 Å². The molecule has 7 rings (SSSR count). The molecule has 0 N–H and O–H groups in total. The molecule has 0 radical (unpaired) electrons. The lowest BCUT2D eigenvalue weighted by Gasteiger charge is -2.28. The summed E-state index contributed by atoms with van der Waals surface area (Å²) < 4.78 is 52.2. The molecule has 5 aromatic rings. The van der Waals surface area contributed by atoms with Crippen LogP contribution >= 0.6 is 11.6 Å². The van der Waals surface area contributed by atoms with Gasteiger partial charge in [-0.3, -0.25) is 0 Å². The molecular formula is C34H30ClF2N3O5. The van der Waals surface area contributed by atoms with Crippen molar-refractivity contribution in [3.63, 3.8) is 0 Å². The second-order valence-electron chi connectivity index (χ2n) is 11.5. The van der Waals surface area contributed by atoms with Crippen molar-refractivity contribution in [3.8, 4) is 5.88 Å². The molecule has 0 spiro atoms. The van der Waals surface area contributed by atoms with E-state index in [1.807, 2.05) is 12.1 Å². The Kier molecular flexibility index (Phi) is 8.01. The number of pyridine rings is 1. The third-order valence-corrected chi connectivity index (χ3v) is 8.94. The van der Waals surface area contributed by atoms with E-state index in [4.69, 9.17) is 35.2 Å². The number of fused-ring (bicyclic) bond motifs is 2. The summed E-state index contributed by atoms with van der Waals surface area (Å²) in [7, 11) is 1.38. The minimum atomic E-state index is -0.759. The molecule has 8 nitrogen and oxygen atoms in total. The van der Waals surface area contributed by atoms with Crippen LogP contribution in [0.3, 0.4) is 0 Å². The average Bonchev–Trinajstić information content (AvgIpc) is 3.59. The van der Waals surface area contributed by atoms with Crippen LogP contribution in [-0.4, -0.2) is 40.3 Å². The van der Waals surface area contributed by atoms with E-state index in [-0.39, 0.29) is 30.1 Å². The van der Waals surface area contributed by atoms with Gasteiger partial charge in [0.15, 0.2) is 5.82 Å². The number of imidazole rings is 1. The molecule has 2 aromatic carbocycles. The number of nitrogens with zero attached hydrogens (tertiary/aromatic N) is 3. The van der Waals surface area contributed by atoms with Gasteiger partial charge in [-0.05, 0) is 73.6 Å². The van der Waals surface area contributed by atoms with E-state index in [1.54, 1.807) is 24.3 Å². The van der Waals surface area contributed by atoms with Crippen LogP contribution in [0.15, 0.2) is 59.0 Å². The standard InChI is InChI=1S/C34H30ClF2N3O5/c1-42-34(41)21-7-10-28-29(15-21)40(17-23-12-13-43-23)31(38-28)14-19-2-4-20(5-3-19)27-11-9-26(36)33(39-27)44-18-22-6-8-25(35)24-16-30(37)45-32(22)24/h4,6-11,15-16,19,23H,2-3,5,12-14,17-18H2,1H3/t19?,23-/m0/s1. The number of hydrogen-bond donors (Lipinski definition) is 0. The number of allylic oxidation sites excluding steroid dienone is 2. The number of halogens is 3. The van der Waals surface area contributed by atoms with Crippen molar-refractivity contribution in [2.45, 2.75) is 51.4 Å². The lowest BCUT2D eigenvalue weighted by molar-refractivity contribution is -0.0590. The Labute approximate surface area is 262 Å². The Morgan fingerprint density at radius 1 is 1.11 bits per heavy atom. The first-order valence-electron chi connectivity index (χ1n) is 14.9. The lowest BCUT2D eigenvalue weighted by Crippen LogP contribution is -2.32. The number of esters is 1. The normalized spacial score (nSPS) is 18.2. The van der Waals surface area contributed by atoms with Gasteiger partial charge in [-0.1, -0.05) is 23.7 Å². The van der Waals surface area contributed by atoms with Gasteiger partial charge in [0.2, 0.25) is 0 Å². The fraction of sp³-hybridized carbons (Fsp3) is 0.324. The number of benzene rings is 2. The summed E-state index contributed by atoms with van der Waals surface area (Å²) in [4.78, 5) is 21.6. The third kappa shape index (κ3) is 5.92. The number of methoxy groups -OCH3 is 1. The Balaban J connectivity index is 1.07. The molecule has 3 aromatic heterocycles. The number of aromatic nitrogens is 3. The van der Waals surface area contributed by atoms with Crippen LogP contribution in [-0.2, 0) is 29.0 Å². The second kappa shape index (κ2) is 12.3. The summed E-state index contributed by atoms with van der Waals surface area (Å²) in [6.07, 6.45) is 6.54. The maximum atomic E-state index is 14.7. The molecule has 4 heterocycles. The highest BCUT2D eigenvalue weighted by Gasteiger charge is 2.25. The summed E-state index contributed by atoms with van der Waals surface area (Å²) in [5.41, 5.74) is 4.69. The number of carbonyl (C=O) groups excluding carboxylic acids is 1. The highest BCUT2D eigenvalue weighted by Crippen LogP contribution is 2.34. The van der Waals surface area contributed by atoms with Crippen LogP contribution < -0.4 is 4.74 Å². The summed E-state index contributed by atoms with van der Waals surface area (Å²) in [6.45, 7) is 1.38. The van der Waals surface area contributed by atoms with Crippen molar-refractivity contribution in [3.05, 3.63) is 94.1 Å². The van der Waals surface area contributed by atoms with Crippen LogP contribution in [0.1, 0.15) is 53.1 Å². The van der Waals surface area contributed by atoms with Crippen molar-refractivity contribution in [1.29, 1.82) is 0 Å². The molecule has 1 aliphatic carbocycles. The molecule has 1 fully saturated rings. The molecule has 1 unspecified atom stereocenters. The molecule has 0 amide bonds. The highest BCUT2D eigenvalue weighted by molar-refractivity contribution is 6.35. The zero-order valence-electron chi connectivity index (χ0n) is 24.5. The SMILES string of the molecule is COC(=O)c1ccc2nc(CC3CC=C(c4ccc(F)c(OCc5ccc(Cl)c6cc(F)oc56)n4)CC3)n(C[C@@H]3CCO3)c2c1. The van der Waals surface area contributed by atoms with Crippen molar-refractivity contribution in [1.82, 2.24) is 14.5 Å². The summed E-state index contributed by atoms with van der Waals surface area (Å²) in [5.74, 6) is 0.211. The average molecular weight is 634 g/mol. The quantitative estimate of drug-likeness (QED) is 0.154. The number of carbonyl (C=O) groups is 1. The minimum Gasteiger partial charge on any atom is -0.471 e. The van der Waals surface area contributed by atoms with Crippen LogP contribution in [0.5, 0.6) is 5.88 Å². The zero-order chi connectivity index (χ0) is 31.1. The smallest absolute Gasteiger partial charge is 0.337 e. The first-order chi connectivity index (χ1) is 21.9. The van der Waals surface area contributed by atoms with E-state index in [2.05, 4.69) is 15.6 Å². The summed E-state index contributed by atoms with van der Waals surface area (Å²) in [6, 6.07) is 12.2. The molecule has 1 saturated heterocycles. The van der Waals surface area contributed by atoms with Crippen LogP contribution in [0, 0.1) is 17.7 Å². The highest BCUT2D eigenvalue weighted by atomic mass is 35.5. The molecule has 0 bridgehead atoms. The first kappa shape index (κ1) is 29.4. The molecule has 45 heavy (non-hydrogen) atoms. The number of rotatable bonds is 9. The van der Waals surface area contributed by atoms with Gasteiger partial charge >= 0.3 is 5.97 Å². The Bertz CT molecular complexity index is 1950. The lowest BCUT2D eigenvalue weighted by atomic mass is 9.86. The molecule has 2 atom stereocenters. The summed E-state index contributed by atoms with van der Waals surface area (Å²) >= 11 is 6.15.